The SMILES string of the molecule is N#Cc1ccccc1S(=O)(=O)N[C@H]1CC[C@H](C(=O)N2CCN(C3CCC3)CC2)CC1. The summed E-state index contributed by atoms with van der Waals surface area (Å²) in [7, 11) is -3.75. The van der Waals surface area contributed by atoms with Crippen LogP contribution in [0.3, 0.4) is 0 Å². The molecule has 1 heterocycles. The van der Waals surface area contributed by atoms with E-state index in [1.807, 2.05) is 11.0 Å². The number of nitriles is 1. The Morgan fingerprint density at radius 1 is 1.00 bits per heavy atom. The molecule has 1 amide bonds. The van der Waals surface area contributed by atoms with Gasteiger partial charge in [-0.05, 0) is 50.7 Å². The van der Waals surface area contributed by atoms with Crippen LogP contribution in [0.4, 0.5) is 0 Å². The number of nitrogens with zero attached hydrogens (tertiary/aromatic N) is 3. The summed E-state index contributed by atoms with van der Waals surface area (Å²) in [5.74, 6) is 0.229. The van der Waals surface area contributed by atoms with Crippen molar-refractivity contribution in [3.05, 3.63) is 29.8 Å². The molecule has 0 radical (unpaired) electrons. The molecule has 3 fully saturated rings. The summed E-state index contributed by atoms with van der Waals surface area (Å²) < 4.78 is 28.2. The van der Waals surface area contributed by atoms with Crippen molar-refractivity contribution in [3.8, 4) is 6.07 Å². The van der Waals surface area contributed by atoms with E-state index in [2.05, 4.69) is 9.62 Å². The van der Waals surface area contributed by atoms with E-state index in [1.54, 1.807) is 12.1 Å². The van der Waals surface area contributed by atoms with Crippen molar-refractivity contribution in [1.82, 2.24) is 14.5 Å². The molecule has 0 bridgehead atoms. The minimum Gasteiger partial charge on any atom is -0.340 e. The van der Waals surface area contributed by atoms with Gasteiger partial charge in [0.1, 0.15) is 6.07 Å². The highest BCUT2D eigenvalue weighted by molar-refractivity contribution is 7.89. The Bertz CT molecular complexity index is 907. The fraction of sp³-hybridized carbons (Fsp3) is 0.636. The van der Waals surface area contributed by atoms with Gasteiger partial charge in [0.15, 0.2) is 0 Å². The highest BCUT2D eigenvalue weighted by atomic mass is 32.2. The minimum atomic E-state index is -3.75. The second-order valence-corrected chi connectivity index (χ2v) is 10.4. The first-order valence-electron chi connectivity index (χ1n) is 11.0. The maximum Gasteiger partial charge on any atom is 0.242 e. The van der Waals surface area contributed by atoms with E-state index >= 15 is 0 Å². The maximum absolute atomic E-state index is 12.9. The van der Waals surface area contributed by atoms with Gasteiger partial charge in [-0.2, -0.15) is 5.26 Å². The second-order valence-electron chi connectivity index (χ2n) is 8.72. The van der Waals surface area contributed by atoms with Gasteiger partial charge in [-0.25, -0.2) is 13.1 Å². The fourth-order valence-corrected chi connectivity index (χ4v) is 6.31. The average molecular weight is 431 g/mol. The zero-order chi connectivity index (χ0) is 21.1. The van der Waals surface area contributed by atoms with E-state index < -0.39 is 10.0 Å². The van der Waals surface area contributed by atoms with Crippen molar-refractivity contribution in [2.45, 2.75) is 61.9 Å². The lowest BCUT2D eigenvalue weighted by Gasteiger charge is -2.44. The van der Waals surface area contributed by atoms with Gasteiger partial charge >= 0.3 is 0 Å². The number of hydrogen-bond acceptors (Lipinski definition) is 5. The molecule has 2 saturated carbocycles. The molecule has 1 N–H and O–H groups in total. The normalized spacial score (nSPS) is 26.0. The topological polar surface area (TPSA) is 93.5 Å². The molecule has 3 aliphatic rings. The van der Waals surface area contributed by atoms with Crippen LogP contribution in [-0.2, 0) is 14.8 Å². The van der Waals surface area contributed by atoms with Gasteiger partial charge in [-0.15, -0.1) is 0 Å². The zero-order valence-electron chi connectivity index (χ0n) is 17.3. The largest absolute Gasteiger partial charge is 0.340 e. The van der Waals surface area contributed by atoms with Gasteiger partial charge in [0, 0.05) is 44.2 Å². The van der Waals surface area contributed by atoms with Crippen molar-refractivity contribution in [2.24, 2.45) is 5.92 Å². The van der Waals surface area contributed by atoms with E-state index in [0.29, 0.717) is 25.7 Å². The Morgan fingerprint density at radius 3 is 2.27 bits per heavy atom. The summed E-state index contributed by atoms with van der Waals surface area (Å²) in [4.78, 5) is 17.5. The van der Waals surface area contributed by atoms with Gasteiger partial charge in [0.25, 0.3) is 0 Å². The van der Waals surface area contributed by atoms with E-state index in [0.717, 1.165) is 32.2 Å². The van der Waals surface area contributed by atoms with Crippen molar-refractivity contribution in [2.75, 3.05) is 26.2 Å². The molecule has 0 unspecified atom stereocenters. The van der Waals surface area contributed by atoms with Gasteiger partial charge in [0.2, 0.25) is 15.9 Å². The molecule has 1 saturated heterocycles. The summed E-state index contributed by atoms with van der Waals surface area (Å²) in [6.45, 7) is 3.58. The van der Waals surface area contributed by atoms with Crippen LogP contribution in [0.5, 0.6) is 0 Å². The molecule has 4 rings (SSSR count). The van der Waals surface area contributed by atoms with Crippen molar-refractivity contribution < 1.29 is 13.2 Å². The second kappa shape index (κ2) is 9.04. The minimum absolute atomic E-state index is 0.00704. The van der Waals surface area contributed by atoms with Crippen LogP contribution in [0.15, 0.2) is 29.2 Å². The van der Waals surface area contributed by atoms with Crippen molar-refractivity contribution in [3.63, 3.8) is 0 Å². The third-order valence-corrected chi connectivity index (χ3v) is 8.49. The van der Waals surface area contributed by atoms with Crippen LogP contribution in [0.2, 0.25) is 0 Å². The first-order valence-corrected chi connectivity index (χ1v) is 12.5. The molecule has 1 aromatic carbocycles. The van der Waals surface area contributed by atoms with Gasteiger partial charge < -0.3 is 4.90 Å². The third-order valence-electron chi connectivity index (χ3n) is 6.91. The molecule has 1 aliphatic heterocycles. The lowest BCUT2D eigenvalue weighted by atomic mass is 9.85. The van der Waals surface area contributed by atoms with Crippen molar-refractivity contribution >= 4 is 15.9 Å². The van der Waals surface area contributed by atoms with Crippen LogP contribution in [-0.4, -0.2) is 62.4 Å². The predicted octanol–water partition coefficient (Wildman–Crippen LogP) is 2.09. The summed E-state index contributed by atoms with van der Waals surface area (Å²) in [6, 6.07) is 8.72. The summed E-state index contributed by atoms with van der Waals surface area (Å²) in [5.41, 5.74) is 0.148. The lowest BCUT2D eigenvalue weighted by Crippen LogP contribution is -2.54. The molecule has 8 heteroatoms. The first-order chi connectivity index (χ1) is 14.5. The number of nitrogens with one attached hydrogen (secondary N) is 1. The average Bonchev–Trinajstić information content (AvgIpc) is 2.73. The van der Waals surface area contributed by atoms with Crippen LogP contribution in [0.25, 0.3) is 0 Å². The Kier molecular flexibility index (Phi) is 6.42. The molecule has 7 nitrogen and oxygen atoms in total. The molecular formula is C22H30N4O3S. The lowest BCUT2D eigenvalue weighted by molar-refractivity contribution is -0.139. The quantitative estimate of drug-likeness (QED) is 0.772. The molecule has 2 aliphatic carbocycles. The summed E-state index contributed by atoms with van der Waals surface area (Å²) >= 11 is 0. The third kappa shape index (κ3) is 4.53. The number of hydrogen-bond donors (Lipinski definition) is 1. The number of carbonyl (C=O) groups excluding carboxylic acids is 1. The molecule has 0 atom stereocenters. The highest BCUT2D eigenvalue weighted by Gasteiger charge is 2.34. The first kappa shape index (κ1) is 21.3. The van der Waals surface area contributed by atoms with E-state index in [4.69, 9.17) is 0 Å². The van der Waals surface area contributed by atoms with Gasteiger partial charge in [0.05, 0.1) is 10.5 Å². The molecular weight excluding hydrogens is 400 g/mol. The number of benzene rings is 1. The van der Waals surface area contributed by atoms with Crippen LogP contribution < -0.4 is 4.72 Å². The number of piperazine rings is 1. The Balaban J connectivity index is 1.27. The standard InChI is InChI=1S/C22H30N4O3S/c23-16-18-4-1-2-7-21(18)30(28,29)24-19-10-8-17(9-11-19)22(27)26-14-12-25(13-15-26)20-5-3-6-20/h1-2,4,7,17,19-20,24H,3,5-6,8-15H2/t17-,19-. The number of carbonyl (C=O) groups is 1. The van der Waals surface area contributed by atoms with Gasteiger partial charge in [-0.3, -0.25) is 9.69 Å². The summed E-state index contributed by atoms with van der Waals surface area (Å²) in [5, 5.41) is 9.18. The smallest absolute Gasteiger partial charge is 0.242 e. The van der Waals surface area contributed by atoms with Crippen LogP contribution in [0, 0.1) is 17.2 Å². The van der Waals surface area contributed by atoms with Gasteiger partial charge in [-0.1, -0.05) is 18.6 Å². The molecule has 0 spiro atoms. The number of rotatable bonds is 5. The maximum atomic E-state index is 12.9. The molecule has 30 heavy (non-hydrogen) atoms. The molecule has 0 aromatic heterocycles. The van der Waals surface area contributed by atoms with Crippen LogP contribution in [0.1, 0.15) is 50.5 Å². The van der Waals surface area contributed by atoms with E-state index in [-0.39, 0.29) is 28.3 Å². The van der Waals surface area contributed by atoms with E-state index in [1.165, 1.54) is 31.4 Å². The van der Waals surface area contributed by atoms with E-state index in [9.17, 15) is 18.5 Å². The van der Waals surface area contributed by atoms with Crippen molar-refractivity contribution in [1.29, 1.82) is 5.26 Å². The number of sulfonamides is 1. The predicted molar refractivity (Wildman–Crippen MR) is 113 cm³/mol. The molecule has 1 aromatic rings. The Labute approximate surface area is 179 Å². The Hall–Kier alpha value is -1.95. The fourth-order valence-electron chi connectivity index (χ4n) is 4.85. The zero-order valence-corrected chi connectivity index (χ0v) is 18.1. The number of amides is 1. The summed E-state index contributed by atoms with van der Waals surface area (Å²) in [6.07, 6.45) is 6.63. The van der Waals surface area contributed by atoms with Crippen LogP contribution >= 0.6 is 0 Å². The molecule has 162 valence electrons. The highest BCUT2D eigenvalue weighted by Crippen LogP contribution is 2.29. The monoisotopic (exact) mass is 430 g/mol. The Morgan fingerprint density at radius 2 is 1.67 bits per heavy atom.